The number of H-pyrrole nitrogens is 1. The van der Waals surface area contributed by atoms with E-state index in [1.165, 1.54) is 4.57 Å². The Hall–Kier alpha value is -2.10. The van der Waals surface area contributed by atoms with Gasteiger partial charge in [0.05, 0.1) is 0 Å². The van der Waals surface area contributed by atoms with Crippen LogP contribution in [0.3, 0.4) is 0 Å². The van der Waals surface area contributed by atoms with E-state index in [9.17, 15) is 4.79 Å². The van der Waals surface area contributed by atoms with Crippen LogP contribution in [0.15, 0.2) is 49.1 Å². The SMILES string of the molecule is CN(C(=O)n1cc[nH+]c1)c1ccccc1. The maximum atomic E-state index is 11.9. The maximum absolute atomic E-state index is 11.9. The number of rotatable bonds is 1. The summed E-state index contributed by atoms with van der Waals surface area (Å²) in [6, 6.07) is 9.42. The number of hydrogen-bond donors (Lipinski definition) is 0. The second kappa shape index (κ2) is 3.96. The Kier molecular flexibility index (Phi) is 2.49. The zero-order valence-electron chi connectivity index (χ0n) is 8.42. The highest BCUT2D eigenvalue weighted by molar-refractivity contribution is 5.92. The molecule has 2 aromatic rings. The van der Waals surface area contributed by atoms with Crippen LogP contribution in [-0.2, 0) is 0 Å². The van der Waals surface area contributed by atoms with Gasteiger partial charge in [-0.1, -0.05) is 18.2 Å². The summed E-state index contributed by atoms with van der Waals surface area (Å²) in [4.78, 5) is 16.3. The maximum Gasteiger partial charge on any atom is 0.419 e. The van der Waals surface area contributed by atoms with Crippen molar-refractivity contribution in [2.45, 2.75) is 0 Å². The summed E-state index contributed by atoms with van der Waals surface area (Å²) in [7, 11) is 1.75. The van der Waals surface area contributed by atoms with Crippen LogP contribution >= 0.6 is 0 Å². The number of carbonyl (C=O) groups excluding carboxylic acids is 1. The number of amides is 1. The lowest BCUT2D eigenvalue weighted by Gasteiger charge is -2.13. The third kappa shape index (κ3) is 1.88. The molecule has 0 spiro atoms. The van der Waals surface area contributed by atoms with Crippen molar-refractivity contribution >= 4 is 11.7 Å². The summed E-state index contributed by atoms with van der Waals surface area (Å²) < 4.78 is 1.49. The first-order valence-corrected chi connectivity index (χ1v) is 4.66. The molecule has 1 aromatic heterocycles. The zero-order valence-corrected chi connectivity index (χ0v) is 8.42. The molecular formula is C11H12N3O+. The van der Waals surface area contributed by atoms with Crippen LogP contribution < -0.4 is 9.88 Å². The molecule has 0 aliphatic heterocycles. The van der Waals surface area contributed by atoms with Gasteiger partial charge in [-0.05, 0) is 12.1 Å². The number of para-hydroxylation sites is 1. The van der Waals surface area contributed by atoms with Gasteiger partial charge in [0.1, 0.15) is 12.4 Å². The average Bonchev–Trinajstić information content (AvgIpc) is 2.82. The van der Waals surface area contributed by atoms with Gasteiger partial charge < -0.3 is 0 Å². The Morgan fingerprint density at radius 2 is 2.07 bits per heavy atom. The predicted molar refractivity (Wildman–Crippen MR) is 56.6 cm³/mol. The van der Waals surface area contributed by atoms with Gasteiger partial charge in [0, 0.05) is 12.7 Å². The van der Waals surface area contributed by atoms with E-state index in [0.29, 0.717) is 0 Å². The van der Waals surface area contributed by atoms with Gasteiger partial charge in [0.15, 0.2) is 0 Å². The molecule has 0 aliphatic rings. The number of nitrogens with one attached hydrogen (secondary N) is 1. The van der Waals surface area contributed by atoms with Gasteiger partial charge in [0.25, 0.3) is 6.33 Å². The van der Waals surface area contributed by atoms with Crippen LogP contribution in [0.1, 0.15) is 0 Å². The van der Waals surface area contributed by atoms with E-state index in [4.69, 9.17) is 0 Å². The fourth-order valence-electron chi connectivity index (χ4n) is 1.34. The fraction of sp³-hybridized carbons (Fsp3) is 0.0909. The van der Waals surface area contributed by atoms with Crippen LogP contribution in [0.5, 0.6) is 0 Å². The average molecular weight is 202 g/mol. The molecule has 2 rings (SSSR count). The highest BCUT2D eigenvalue weighted by Crippen LogP contribution is 2.11. The number of aromatic nitrogens is 2. The molecule has 1 amide bonds. The molecule has 0 unspecified atom stereocenters. The van der Waals surface area contributed by atoms with Crippen LogP contribution in [0.25, 0.3) is 0 Å². The van der Waals surface area contributed by atoms with Crippen molar-refractivity contribution in [3.63, 3.8) is 0 Å². The normalized spacial score (nSPS) is 9.93. The standard InChI is InChI=1S/C11H11N3O/c1-13(10-5-3-2-4-6-10)11(15)14-8-7-12-9-14/h2-9H,1H3/p+1. The number of imidazole rings is 1. The molecule has 0 fully saturated rings. The van der Waals surface area contributed by atoms with Gasteiger partial charge in [-0.15, -0.1) is 0 Å². The van der Waals surface area contributed by atoms with Crippen molar-refractivity contribution in [2.24, 2.45) is 0 Å². The summed E-state index contributed by atoms with van der Waals surface area (Å²) in [6.45, 7) is 0. The number of nitrogens with zero attached hydrogens (tertiary/aromatic N) is 2. The van der Waals surface area contributed by atoms with Crippen molar-refractivity contribution < 1.29 is 9.78 Å². The molecule has 0 saturated heterocycles. The van der Waals surface area contributed by atoms with Crippen molar-refractivity contribution in [1.82, 2.24) is 4.57 Å². The van der Waals surface area contributed by atoms with Crippen molar-refractivity contribution in [3.05, 3.63) is 49.1 Å². The third-order valence-electron chi connectivity index (χ3n) is 2.20. The Labute approximate surface area is 87.8 Å². The van der Waals surface area contributed by atoms with Crippen molar-refractivity contribution in [2.75, 3.05) is 11.9 Å². The van der Waals surface area contributed by atoms with Crippen molar-refractivity contribution in [1.29, 1.82) is 0 Å². The molecule has 0 aliphatic carbocycles. The highest BCUT2D eigenvalue weighted by atomic mass is 16.2. The molecule has 76 valence electrons. The summed E-state index contributed by atoms with van der Waals surface area (Å²) in [5.74, 6) is 0. The number of anilines is 1. The smallest absolute Gasteiger partial charge is 0.277 e. The zero-order chi connectivity index (χ0) is 10.7. The number of aromatic amines is 1. The van der Waals surface area contributed by atoms with E-state index < -0.39 is 0 Å². The van der Waals surface area contributed by atoms with Crippen LogP contribution in [0.4, 0.5) is 10.5 Å². The van der Waals surface area contributed by atoms with Gasteiger partial charge in [-0.25, -0.2) is 9.78 Å². The third-order valence-corrected chi connectivity index (χ3v) is 2.20. The van der Waals surface area contributed by atoms with Gasteiger partial charge in [0.2, 0.25) is 0 Å². The molecule has 4 heteroatoms. The second-order valence-electron chi connectivity index (χ2n) is 3.20. The van der Waals surface area contributed by atoms with E-state index >= 15 is 0 Å². The molecule has 0 saturated carbocycles. The lowest BCUT2D eigenvalue weighted by molar-refractivity contribution is -0.376. The minimum absolute atomic E-state index is 0.0950. The first-order chi connectivity index (χ1) is 7.29. The molecule has 0 radical (unpaired) electrons. The van der Waals surface area contributed by atoms with Crippen molar-refractivity contribution in [3.8, 4) is 0 Å². The Balaban J connectivity index is 2.23. The van der Waals surface area contributed by atoms with Gasteiger partial charge in [-0.3, -0.25) is 4.90 Å². The van der Waals surface area contributed by atoms with Crippen LogP contribution in [-0.4, -0.2) is 17.6 Å². The molecule has 15 heavy (non-hydrogen) atoms. The van der Waals surface area contributed by atoms with Gasteiger partial charge in [-0.2, -0.15) is 4.57 Å². The first kappa shape index (κ1) is 9.45. The van der Waals surface area contributed by atoms with E-state index in [1.54, 1.807) is 30.7 Å². The Morgan fingerprint density at radius 3 is 2.67 bits per heavy atom. The van der Waals surface area contributed by atoms with Crippen LogP contribution in [0.2, 0.25) is 0 Å². The molecule has 1 aromatic carbocycles. The molecule has 1 N–H and O–H groups in total. The lowest BCUT2D eigenvalue weighted by Crippen LogP contribution is -2.30. The summed E-state index contributed by atoms with van der Waals surface area (Å²) in [6.07, 6.45) is 5.00. The van der Waals surface area contributed by atoms with E-state index in [1.807, 2.05) is 30.3 Å². The Bertz CT molecular complexity index is 436. The minimum atomic E-state index is -0.0950. The van der Waals surface area contributed by atoms with Crippen LogP contribution in [0, 0.1) is 0 Å². The lowest BCUT2D eigenvalue weighted by atomic mass is 10.3. The van der Waals surface area contributed by atoms with E-state index in [0.717, 1.165) is 5.69 Å². The summed E-state index contributed by atoms with van der Waals surface area (Å²) >= 11 is 0. The summed E-state index contributed by atoms with van der Waals surface area (Å²) in [5.41, 5.74) is 0.871. The van der Waals surface area contributed by atoms with Gasteiger partial charge >= 0.3 is 6.03 Å². The Morgan fingerprint density at radius 1 is 1.33 bits per heavy atom. The summed E-state index contributed by atoms with van der Waals surface area (Å²) in [5, 5.41) is 0. The second-order valence-corrected chi connectivity index (χ2v) is 3.20. The highest BCUT2D eigenvalue weighted by Gasteiger charge is 2.16. The number of benzene rings is 1. The molecular weight excluding hydrogens is 190 g/mol. The molecule has 0 bridgehead atoms. The minimum Gasteiger partial charge on any atom is -0.277 e. The van der Waals surface area contributed by atoms with E-state index in [-0.39, 0.29) is 6.03 Å². The fourth-order valence-corrected chi connectivity index (χ4v) is 1.34. The topological polar surface area (TPSA) is 39.4 Å². The predicted octanol–water partition coefficient (Wildman–Crippen LogP) is 1.41. The quantitative estimate of drug-likeness (QED) is 0.689. The first-order valence-electron chi connectivity index (χ1n) is 4.66. The molecule has 0 atom stereocenters. The number of carbonyl (C=O) groups is 1. The largest absolute Gasteiger partial charge is 0.419 e. The monoisotopic (exact) mass is 202 g/mol. The molecule has 4 nitrogen and oxygen atoms in total. The molecule has 1 heterocycles. The number of hydrogen-bond acceptors (Lipinski definition) is 1. The van der Waals surface area contributed by atoms with E-state index in [2.05, 4.69) is 4.98 Å².